The molecule has 0 aliphatic rings. The Hall–Kier alpha value is -1.82. The molecule has 3 rings (SSSR count). The fourth-order valence-electron chi connectivity index (χ4n) is 2.30. The molecule has 2 aromatic carbocycles. The standard InChI is InChI=1S/C17H17N2O.HI/c1-2-17-19(15-10-6-7-11-16(15)20-17)13-12-18-14-8-4-3-5-9-14;/h2-11,18H,1,12-13H2;1H/q+1;/p-1. The number of aromatic nitrogens is 1. The summed E-state index contributed by atoms with van der Waals surface area (Å²) in [5, 5.41) is 3.40. The molecule has 1 N–H and O–H groups in total. The van der Waals surface area contributed by atoms with Crippen LogP contribution in [-0.2, 0) is 6.54 Å². The van der Waals surface area contributed by atoms with Gasteiger partial charge in [-0.15, -0.1) is 0 Å². The van der Waals surface area contributed by atoms with Gasteiger partial charge in [0.1, 0.15) is 0 Å². The number of fused-ring (bicyclic) bond motifs is 1. The summed E-state index contributed by atoms with van der Waals surface area (Å²) in [6, 6.07) is 18.2. The summed E-state index contributed by atoms with van der Waals surface area (Å²) in [7, 11) is 0. The Morgan fingerprint density at radius 1 is 1.05 bits per heavy atom. The van der Waals surface area contributed by atoms with Crippen LogP contribution in [0.15, 0.2) is 65.6 Å². The third-order valence-corrected chi connectivity index (χ3v) is 3.25. The number of anilines is 1. The maximum absolute atomic E-state index is 5.77. The van der Waals surface area contributed by atoms with Crippen molar-refractivity contribution in [1.82, 2.24) is 0 Å². The molecule has 0 aliphatic carbocycles. The first-order valence-electron chi connectivity index (χ1n) is 6.71. The molecule has 0 aliphatic heterocycles. The molecule has 0 radical (unpaired) electrons. The zero-order valence-corrected chi connectivity index (χ0v) is 13.8. The van der Waals surface area contributed by atoms with Crippen LogP contribution in [0.1, 0.15) is 5.89 Å². The molecule has 0 saturated heterocycles. The van der Waals surface area contributed by atoms with E-state index in [1.807, 2.05) is 36.4 Å². The molecule has 0 fully saturated rings. The van der Waals surface area contributed by atoms with Gasteiger partial charge in [-0.1, -0.05) is 36.9 Å². The second-order valence-corrected chi connectivity index (χ2v) is 4.56. The molecule has 0 unspecified atom stereocenters. The normalized spacial score (nSPS) is 10.1. The highest BCUT2D eigenvalue weighted by atomic mass is 127. The van der Waals surface area contributed by atoms with E-state index in [9.17, 15) is 0 Å². The van der Waals surface area contributed by atoms with E-state index in [0.29, 0.717) is 0 Å². The van der Waals surface area contributed by atoms with Crippen molar-refractivity contribution in [3.05, 3.63) is 67.1 Å². The van der Waals surface area contributed by atoms with Crippen LogP contribution in [0, 0.1) is 0 Å². The predicted octanol–water partition coefficient (Wildman–Crippen LogP) is 0.479. The highest BCUT2D eigenvalue weighted by molar-refractivity contribution is 5.69. The molecule has 3 nitrogen and oxygen atoms in total. The first kappa shape index (κ1) is 15.6. The van der Waals surface area contributed by atoms with Crippen LogP contribution in [0.3, 0.4) is 0 Å². The number of nitrogens with one attached hydrogen (secondary N) is 1. The molecular formula is C17H17IN2O. The smallest absolute Gasteiger partial charge is 0.373 e. The van der Waals surface area contributed by atoms with Crippen molar-refractivity contribution in [3.8, 4) is 0 Å². The highest BCUT2D eigenvalue weighted by Crippen LogP contribution is 2.13. The minimum atomic E-state index is 0. The number of para-hydroxylation sites is 3. The van der Waals surface area contributed by atoms with Crippen LogP contribution in [0.2, 0.25) is 0 Å². The van der Waals surface area contributed by atoms with Gasteiger partial charge in [-0.25, -0.2) is 0 Å². The fraction of sp³-hybridized carbons (Fsp3) is 0.118. The zero-order chi connectivity index (χ0) is 13.8. The van der Waals surface area contributed by atoms with Gasteiger partial charge in [0.2, 0.25) is 5.58 Å². The summed E-state index contributed by atoms with van der Waals surface area (Å²) in [6.45, 7) is 5.48. The molecule has 1 aromatic heterocycles. The Bertz CT molecular complexity index is 722. The van der Waals surface area contributed by atoms with Crippen LogP contribution in [0.4, 0.5) is 5.69 Å². The van der Waals surface area contributed by atoms with Crippen LogP contribution < -0.4 is 33.9 Å². The number of hydrogen-bond acceptors (Lipinski definition) is 2. The summed E-state index contributed by atoms with van der Waals surface area (Å²) in [4.78, 5) is 0. The number of nitrogens with zero attached hydrogens (tertiary/aromatic N) is 1. The Labute approximate surface area is 141 Å². The molecule has 1 heterocycles. The van der Waals surface area contributed by atoms with Gasteiger partial charge in [0.05, 0.1) is 6.54 Å². The second kappa shape index (κ2) is 7.26. The van der Waals surface area contributed by atoms with E-state index in [-0.39, 0.29) is 24.0 Å². The highest BCUT2D eigenvalue weighted by Gasteiger charge is 2.18. The number of benzene rings is 2. The summed E-state index contributed by atoms with van der Waals surface area (Å²) in [5.41, 5.74) is 3.11. The molecular weight excluding hydrogens is 375 g/mol. The van der Waals surface area contributed by atoms with Gasteiger partial charge in [-0.2, -0.15) is 4.57 Å². The first-order chi connectivity index (χ1) is 9.88. The number of oxazole rings is 1. The third-order valence-electron chi connectivity index (χ3n) is 3.25. The van der Waals surface area contributed by atoms with Gasteiger partial charge in [-0.3, -0.25) is 0 Å². The molecule has 0 amide bonds. The average molecular weight is 392 g/mol. The van der Waals surface area contributed by atoms with Crippen LogP contribution in [-0.4, -0.2) is 6.54 Å². The zero-order valence-electron chi connectivity index (χ0n) is 11.6. The molecule has 21 heavy (non-hydrogen) atoms. The minimum Gasteiger partial charge on any atom is -1.00 e. The maximum atomic E-state index is 5.77. The number of rotatable bonds is 5. The molecule has 108 valence electrons. The predicted molar refractivity (Wildman–Crippen MR) is 81.4 cm³/mol. The van der Waals surface area contributed by atoms with Crippen molar-refractivity contribution in [2.45, 2.75) is 6.54 Å². The summed E-state index contributed by atoms with van der Waals surface area (Å²) >= 11 is 0. The summed E-state index contributed by atoms with van der Waals surface area (Å²) in [5.74, 6) is 0.793. The summed E-state index contributed by atoms with van der Waals surface area (Å²) in [6.07, 6.45) is 1.75. The van der Waals surface area contributed by atoms with Gasteiger partial charge in [0, 0.05) is 17.8 Å². The lowest BCUT2D eigenvalue weighted by Gasteiger charge is -2.03. The van der Waals surface area contributed by atoms with E-state index in [4.69, 9.17) is 4.42 Å². The topological polar surface area (TPSA) is 29.0 Å². The van der Waals surface area contributed by atoms with Crippen molar-refractivity contribution in [2.24, 2.45) is 0 Å². The Balaban J connectivity index is 0.00000161. The van der Waals surface area contributed by atoms with Crippen molar-refractivity contribution in [3.63, 3.8) is 0 Å². The van der Waals surface area contributed by atoms with E-state index >= 15 is 0 Å². The Morgan fingerprint density at radius 2 is 1.76 bits per heavy atom. The lowest BCUT2D eigenvalue weighted by Crippen LogP contribution is -3.00. The summed E-state index contributed by atoms with van der Waals surface area (Å²) < 4.78 is 7.91. The molecule has 0 atom stereocenters. The van der Waals surface area contributed by atoms with Gasteiger partial charge in [0.15, 0.2) is 6.54 Å². The van der Waals surface area contributed by atoms with Crippen molar-refractivity contribution >= 4 is 22.9 Å². The van der Waals surface area contributed by atoms with E-state index in [1.54, 1.807) is 6.08 Å². The SMILES string of the molecule is C=Cc1oc2ccccc2[n+]1CCNc1ccccc1.[I-]. The second-order valence-electron chi connectivity index (χ2n) is 4.56. The number of hydrogen-bond donors (Lipinski definition) is 1. The molecule has 0 saturated carbocycles. The van der Waals surface area contributed by atoms with Crippen molar-refractivity contribution < 1.29 is 33.0 Å². The molecule has 3 aromatic rings. The Morgan fingerprint density at radius 3 is 2.52 bits per heavy atom. The van der Waals surface area contributed by atoms with Crippen LogP contribution in [0.25, 0.3) is 17.2 Å². The molecule has 4 heteroatoms. The first-order valence-corrected chi connectivity index (χ1v) is 6.71. The average Bonchev–Trinajstić information content (AvgIpc) is 2.87. The largest absolute Gasteiger partial charge is 1.00 e. The van der Waals surface area contributed by atoms with E-state index < -0.39 is 0 Å². The van der Waals surface area contributed by atoms with Gasteiger partial charge in [-0.05, 0) is 18.2 Å². The third kappa shape index (κ3) is 3.44. The van der Waals surface area contributed by atoms with Crippen LogP contribution in [0.5, 0.6) is 0 Å². The quantitative estimate of drug-likeness (QED) is 0.506. The maximum Gasteiger partial charge on any atom is 0.373 e. The van der Waals surface area contributed by atoms with Gasteiger partial charge in [0.25, 0.3) is 5.52 Å². The van der Waals surface area contributed by atoms with E-state index in [2.05, 4.69) is 34.7 Å². The van der Waals surface area contributed by atoms with E-state index in [0.717, 1.165) is 35.8 Å². The molecule has 0 bridgehead atoms. The lowest BCUT2D eigenvalue weighted by atomic mass is 10.3. The lowest BCUT2D eigenvalue weighted by molar-refractivity contribution is -0.674. The van der Waals surface area contributed by atoms with Gasteiger partial charge < -0.3 is 33.7 Å². The van der Waals surface area contributed by atoms with Crippen molar-refractivity contribution in [1.29, 1.82) is 0 Å². The monoisotopic (exact) mass is 392 g/mol. The Kier molecular flexibility index (Phi) is 5.38. The van der Waals surface area contributed by atoms with E-state index in [1.165, 1.54) is 0 Å². The van der Waals surface area contributed by atoms with Gasteiger partial charge >= 0.3 is 5.89 Å². The minimum absolute atomic E-state index is 0. The fourth-order valence-corrected chi connectivity index (χ4v) is 2.30. The number of halogens is 1. The molecule has 0 spiro atoms. The van der Waals surface area contributed by atoms with Crippen molar-refractivity contribution in [2.75, 3.05) is 11.9 Å². The van der Waals surface area contributed by atoms with Crippen LogP contribution >= 0.6 is 0 Å².